The van der Waals surface area contributed by atoms with Crippen LogP contribution in [0.5, 0.6) is 5.75 Å². The Balaban J connectivity index is 1.64. The van der Waals surface area contributed by atoms with Crippen LogP contribution in [0, 0.1) is 5.92 Å². The summed E-state index contributed by atoms with van der Waals surface area (Å²) in [7, 11) is -2.60. The van der Waals surface area contributed by atoms with Gasteiger partial charge in [0.25, 0.3) is 15.9 Å². The van der Waals surface area contributed by atoms with Crippen LogP contribution in [-0.4, -0.2) is 74.2 Å². The number of aliphatic hydroxyl groups excluding tert-OH is 1. The molecule has 4 rings (SSSR count). The highest BCUT2D eigenvalue weighted by Crippen LogP contribution is 2.36. The van der Waals surface area contributed by atoms with Crippen LogP contribution in [0.15, 0.2) is 77.7 Å². The lowest BCUT2D eigenvalue weighted by atomic mass is 9.99. The third kappa shape index (κ3) is 7.42. The Labute approximate surface area is 253 Å². The van der Waals surface area contributed by atoms with Crippen LogP contribution in [-0.2, 0) is 16.2 Å². The number of hydrogen-bond donors (Lipinski definition) is 3. The van der Waals surface area contributed by atoms with Crippen LogP contribution in [0.4, 0.5) is 29.3 Å². The molecule has 0 aromatic heterocycles. The van der Waals surface area contributed by atoms with Gasteiger partial charge in [-0.05, 0) is 55.5 Å². The topological polar surface area (TPSA) is 128 Å². The largest absolute Gasteiger partial charge is 0.485 e. The van der Waals surface area contributed by atoms with Crippen molar-refractivity contribution < 1.29 is 41.0 Å². The van der Waals surface area contributed by atoms with Gasteiger partial charge < -0.3 is 25.0 Å². The molecule has 3 atom stereocenters. The third-order valence-corrected chi connectivity index (χ3v) is 8.63. The van der Waals surface area contributed by atoms with E-state index in [9.17, 15) is 36.3 Å². The second-order valence-corrected chi connectivity index (χ2v) is 12.3. The summed E-state index contributed by atoms with van der Waals surface area (Å²) in [5.41, 5.74) is -0.633. The number of para-hydroxylation sites is 1. The van der Waals surface area contributed by atoms with Crippen LogP contribution >= 0.6 is 0 Å². The van der Waals surface area contributed by atoms with Gasteiger partial charge in [0.05, 0.1) is 40.9 Å². The predicted molar refractivity (Wildman–Crippen MR) is 158 cm³/mol. The standard InChI is InChI=1S/C30H33F3N4O6S/c1-19-16-37(20(2)18-38)28(39)24-10-7-11-25(35-44(41,42)23-8-5-4-6-9-23)27(24)43-26(19)17-36(3)29(40)34-22-14-12-21(13-15-22)30(31,32)33/h4-15,19-20,26,35,38H,16-18H2,1-3H3,(H,34,40)/t19-,20+,26-/m1/s1. The average Bonchev–Trinajstić information content (AvgIpc) is 2.98. The molecule has 0 unspecified atom stereocenters. The number of anilines is 2. The SMILES string of the molecule is C[C@@H]1CN([C@@H](C)CO)C(=O)c2cccc(NS(=O)(=O)c3ccccc3)c2O[C@@H]1CN(C)C(=O)Nc1ccc(C(F)(F)F)cc1. The van der Waals surface area contributed by atoms with Gasteiger partial charge in [-0.1, -0.05) is 31.2 Å². The summed E-state index contributed by atoms with van der Waals surface area (Å²) in [5, 5.41) is 12.4. The number of hydrogen-bond acceptors (Lipinski definition) is 6. The number of sulfonamides is 1. The smallest absolute Gasteiger partial charge is 0.416 e. The Hall–Kier alpha value is -4.30. The van der Waals surface area contributed by atoms with Crippen molar-refractivity contribution in [3.63, 3.8) is 0 Å². The summed E-state index contributed by atoms with van der Waals surface area (Å²) in [6.45, 7) is 3.25. The Morgan fingerprint density at radius 2 is 1.75 bits per heavy atom. The minimum Gasteiger partial charge on any atom is -0.485 e. The van der Waals surface area contributed by atoms with Gasteiger partial charge in [0.15, 0.2) is 5.75 Å². The van der Waals surface area contributed by atoms with E-state index in [0.717, 1.165) is 24.3 Å². The van der Waals surface area contributed by atoms with E-state index in [-0.39, 0.29) is 47.3 Å². The summed E-state index contributed by atoms with van der Waals surface area (Å²) in [6, 6.07) is 14.9. The number of nitrogens with one attached hydrogen (secondary N) is 2. The summed E-state index contributed by atoms with van der Waals surface area (Å²) < 4.78 is 74.0. The molecule has 1 aliphatic heterocycles. The first-order chi connectivity index (χ1) is 20.7. The van der Waals surface area contributed by atoms with E-state index < -0.39 is 51.8 Å². The highest BCUT2D eigenvalue weighted by molar-refractivity contribution is 7.92. The third-order valence-electron chi connectivity index (χ3n) is 7.25. The molecule has 10 nitrogen and oxygen atoms in total. The van der Waals surface area contributed by atoms with E-state index in [1.165, 1.54) is 47.2 Å². The molecule has 3 aromatic rings. The summed E-state index contributed by atoms with van der Waals surface area (Å²) in [5.74, 6) is -0.928. The van der Waals surface area contributed by atoms with Crippen LogP contribution in [0.2, 0.25) is 0 Å². The zero-order chi connectivity index (χ0) is 32.2. The van der Waals surface area contributed by atoms with Gasteiger partial charge in [0, 0.05) is 25.2 Å². The van der Waals surface area contributed by atoms with E-state index in [1.54, 1.807) is 32.0 Å². The fraction of sp³-hybridized carbons (Fsp3) is 0.333. The van der Waals surface area contributed by atoms with Crippen LogP contribution in [0.25, 0.3) is 0 Å². The Kier molecular flexibility index (Phi) is 9.74. The molecular weight excluding hydrogens is 601 g/mol. The van der Waals surface area contributed by atoms with Crippen molar-refractivity contribution in [2.75, 3.05) is 36.8 Å². The van der Waals surface area contributed by atoms with Crippen molar-refractivity contribution in [2.24, 2.45) is 5.92 Å². The molecule has 0 bridgehead atoms. The first kappa shape index (κ1) is 32.6. The number of alkyl halides is 3. The predicted octanol–water partition coefficient (Wildman–Crippen LogP) is 4.89. The number of urea groups is 1. The van der Waals surface area contributed by atoms with Gasteiger partial charge in [0.2, 0.25) is 0 Å². The molecule has 44 heavy (non-hydrogen) atoms. The van der Waals surface area contributed by atoms with Crippen molar-refractivity contribution >= 4 is 33.3 Å². The summed E-state index contributed by atoms with van der Waals surface area (Å²) in [6.07, 6.45) is -5.29. The van der Waals surface area contributed by atoms with Crippen LogP contribution in [0.3, 0.4) is 0 Å². The molecule has 0 aliphatic carbocycles. The van der Waals surface area contributed by atoms with Gasteiger partial charge in [-0.25, -0.2) is 13.2 Å². The van der Waals surface area contributed by atoms with Gasteiger partial charge >= 0.3 is 12.2 Å². The first-order valence-electron chi connectivity index (χ1n) is 13.7. The zero-order valence-electron chi connectivity index (χ0n) is 24.2. The highest BCUT2D eigenvalue weighted by Gasteiger charge is 2.36. The lowest BCUT2D eigenvalue weighted by molar-refractivity contribution is -0.137. The zero-order valence-corrected chi connectivity index (χ0v) is 25.0. The van der Waals surface area contributed by atoms with E-state index in [0.29, 0.717) is 0 Å². The van der Waals surface area contributed by atoms with Crippen molar-refractivity contribution in [2.45, 2.75) is 37.1 Å². The second kappa shape index (κ2) is 13.1. The quantitative estimate of drug-likeness (QED) is 0.324. The number of fused-ring (bicyclic) bond motifs is 1. The molecule has 0 radical (unpaired) electrons. The number of carbonyl (C=O) groups is 2. The van der Waals surface area contributed by atoms with Crippen molar-refractivity contribution in [3.8, 4) is 5.75 Å². The normalized spacial score (nSPS) is 17.9. The van der Waals surface area contributed by atoms with Crippen LogP contribution in [0.1, 0.15) is 29.8 Å². The Morgan fingerprint density at radius 3 is 2.36 bits per heavy atom. The number of halogens is 3. The molecule has 3 amide bonds. The van der Waals surface area contributed by atoms with Crippen molar-refractivity contribution in [1.82, 2.24) is 9.80 Å². The summed E-state index contributed by atoms with van der Waals surface area (Å²) in [4.78, 5) is 29.4. The number of carbonyl (C=O) groups excluding carboxylic acids is 2. The fourth-order valence-electron chi connectivity index (χ4n) is 4.66. The molecule has 1 heterocycles. The number of aliphatic hydroxyl groups is 1. The molecule has 236 valence electrons. The number of likely N-dealkylation sites (N-methyl/N-ethyl adjacent to an activating group) is 1. The molecule has 0 saturated heterocycles. The number of nitrogens with zero attached hydrogens (tertiary/aromatic N) is 2. The summed E-state index contributed by atoms with van der Waals surface area (Å²) >= 11 is 0. The molecule has 0 spiro atoms. The number of ether oxygens (including phenoxy) is 1. The van der Waals surface area contributed by atoms with Gasteiger partial charge in [-0.15, -0.1) is 0 Å². The number of amides is 3. The fourth-order valence-corrected chi connectivity index (χ4v) is 5.74. The molecule has 3 N–H and O–H groups in total. The Morgan fingerprint density at radius 1 is 1.09 bits per heavy atom. The van der Waals surface area contributed by atoms with E-state index >= 15 is 0 Å². The lowest BCUT2D eigenvalue weighted by Crippen LogP contribution is -2.50. The molecular formula is C30H33F3N4O6S. The minimum absolute atomic E-state index is 0.00473. The average molecular weight is 635 g/mol. The van der Waals surface area contributed by atoms with Gasteiger partial charge in [-0.2, -0.15) is 13.2 Å². The maximum Gasteiger partial charge on any atom is 0.416 e. The van der Waals surface area contributed by atoms with Crippen molar-refractivity contribution in [3.05, 3.63) is 83.9 Å². The number of benzene rings is 3. The first-order valence-corrected chi connectivity index (χ1v) is 15.2. The highest BCUT2D eigenvalue weighted by atomic mass is 32.2. The molecule has 3 aromatic carbocycles. The van der Waals surface area contributed by atoms with Crippen LogP contribution < -0.4 is 14.8 Å². The second-order valence-electron chi connectivity index (χ2n) is 10.6. The van der Waals surface area contributed by atoms with E-state index in [1.807, 2.05) is 0 Å². The molecule has 0 saturated carbocycles. The number of rotatable bonds is 8. The maximum absolute atomic E-state index is 13.7. The van der Waals surface area contributed by atoms with E-state index in [2.05, 4.69) is 10.0 Å². The molecule has 1 aliphatic rings. The minimum atomic E-state index is -4.52. The van der Waals surface area contributed by atoms with Gasteiger partial charge in [-0.3, -0.25) is 9.52 Å². The molecule has 0 fully saturated rings. The van der Waals surface area contributed by atoms with Crippen molar-refractivity contribution in [1.29, 1.82) is 0 Å². The maximum atomic E-state index is 13.7. The van der Waals surface area contributed by atoms with E-state index in [4.69, 9.17) is 4.74 Å². The monoisotopic (exact) mass is 634 g/mol. The van der Waals surface area contributed by atoms with Gasteiger partial charge in [0.1, 0.15) is 6.10 Å². The Bertz CT molecular complexity index is 1590. The lowest BCUT2D eigenvalue weighted by Gasteiger charge is -2.38. The molecule has 14 heteroatoms.